The molecule has 0 aliphatic heterocycles. The normalized spacial score (nSPS) is 11.4. The van der Waals surface area contributed by atoms with Crippen LogP contribution in [0.5, 0.6) is 0 Å². The summed E-state index contributed by atoms with van der Waals surface area (Å²) >= 11 is 0. The van der Waals surface area contributed by atoms with Crippen molar-refractivity contribution in [1.82, 2.24) is 25.5 Å². The van der Waals surface area contributed by atoms with E-state index in [0.29, 0.717) is 11.6 Å². The third-order valence-corrected chi connectivity index (χ3v) is 4.15. The van der Waals surface area contributed by atoms with E-state index in [9.17, 15) is 9.18 Å². The molecule has 144 valence electrons. The number of carbonyl (C=O) groups excluding carboxylic acids is 1. The summed E-state index contributed by atoms with van der Waals surface area (Å²) in [6.45, 7) is 0.220. The van der Waals surface area contributed by atoms with Crippen LogP contribution in [0.3, 0.4) is 0 Å². The number of tetrazole rings is 1. The summed E-state index contributed by atoms with van der Waals surface area (Å²) in [6.07, 6.45) is 3.07. The maximum atomic E-state index is 13.1. The highest BCUT2D eigenvalue weighted by atomic mass is 19.1. The maximum Gasteiger partial charge on any atom is 0.270 e. The molecule has 0 unspecified atom stereocenters. The number of benzene rings is 2. The summed E-state index contributed by atoms with van der Waals surface area (Å²) in [4.78, 5) is 13.0. The fourth-order valence-electron chi connectivity index (χ4n) is 2.72. The zero-order valence-corrected chi connectivity index (χ0v) is 15.2. The van der Waals surface area contributed by atoms with Gasteiger partial charge < -0.3 is 9.73 Å². The minimum Gasteiger partial charge on any atom is -0.465 e. The van der Waals surface area contributed by atoms with Crippen LogP contribution < -0.4 is 5.32 Å². The second-order valence-corrected chi connectivity index (χ2v) is 6.13. The van der Waals surface area contributed by atoms with Crippen LogP contribution in [-0.4, -0.2) is 26.1 Å². The van der Waals surface area contributed by atoms with Gasteiger partial charge in [-0.15, -0.1) is 5.10 Å². The van der Waals surface area contributed by atoms with Crippen molar-refractivity contribution in [1.29, 1.82) is 0 Å². The summed E-state index contributed by atoms with van der Waals surface area (Å²) in [6, 6.07) is 18.6. The number of aromatic nitrogens is 4. The molecule has 7 nitrogen and oxygen atoms in total. The largest absolute Gasteiger partial charge is 0.465 e. The van der Waals surface area contributed by atoms with Gasteiger partial charge in [0, 0.05) is 18.2 Å². The van der Waals surface area contributed by atoms with E-state index in [1.165, 1.54) is 23.1 Å². The van der Waals surface area contributed by atoms with Crippen LogP contribution >= 0.6 is 0 Å². The van der Waals surface area contributed by atoms with Gasteiger partial charge in [0.15, 0.2) is 5.82 Å². The predicted molar refractivity (Wildman–Crippen MR) is 104 cm³/mol. The van der Waals surface area contributed by atoms with Gasteiger partial charge in [-0.05, 0) is 40.3 Å². The first-order valence-electron chi connectivity index (χ1n) is 8.83. The Hall–Kier alpha value is -4.07. The topological polar surface area (TPSA) is 85.8 Å². The molecular formula is C21H16FN5O2. The highest BCUT2D eigenvalue weighted by Crippen LogP contribution is 2.20. The summed E-state index contributed by atoms with van der Waals surface area (Å²) < 4.78 is 19.8. The number of nitrogens with one attached hydrogen (secondary N) is 1. The Morgan fingerprint density at radius 1 is 1.07 bits per heavy atom. The number of rotatable bonds is 6. The van der Waals surface area contributed by atoms with Gasteiger partial charge in [0.05, 0.1) is 6.26 Å². The van der Waals surface area contributed by atoms with E-state index in [-0.39, 0.29) is 18.1 Å². The van der Waals surface area contributed by atoms with Crippen molar-refractivity contribution in [3.05, 3.63) is 90.1 Å². The van der Waals surface area contributed by atoms with Gasteiger partial charge in [-0.3, -0.25) is 4.79 Å². The first-order valence-corrected chi connectivity index (χ1v) is 8.83. The molecule has 0 saturated heterocycles. The van der Waals surface area contributed by atoms with Crippen LogP contribution in [-0.2, 0) is 11.3 Å². The zero-order chi connectivity index (χ0) is 20.1. The molecule has 4 aromatic rings. The Balaban J connectivity index is 1.65. The molecule has 2 heterocycles. The number of nitrogens with zero attached hydrogens (tertiary/aromatic N) is 4. The Morgan fingerprint density at radius 3 is 2.59 bits per heavy atom. The van der Waals surface area contributed by atoms with Crippen LogP contribution in [0.25, 0.3) is 23.2 Å². The highest BCUT2D eigenvalue weighted by molar-refractivity contribution is 6.18. The molecule has 29 heavy (non-hydrogen) atoms. The molecule has 0 aliphatic rings. The quantitative estimate of drug-likeness (QED) is 0.511. The first kappa shape index (κ1) is 18.3. The monoisotopic (exact) mass is 389 g/mol. The second-order valence-electron chi connectivity index (χ2n) is 6.13. The molecule has 0 fully saturated rings. The van der Waals surface area contributed by atoms with E-state index in [1.54, 1.807) is 30.3 Å². The number of carbonyl (C=O) groups is 1. The molecule has 0 bridgehead atoms. The van der Waals surface area contributed by atoms with Crippen LogP contribution in [0.4, 0.5) is 4.39 Å². The number of hydrogen-bond donors (Lipinski definition) is 1. The molecule has 0 radical (unpaired) electrons. The van der Waals surface area contributed by atoms with Crippen LogP contribution in [0, 0.1) is 5.82 Å². The summed E-state index contributed by atoms with van der Waals surface area (Å²) in [5.74, 6) is 0.154. The molecule has 0 saturated carbocycles. The fourth-order valence-corrected chi connectivity index (χ4v) is 2.72. The van der Waals surface area contributed by atoms with Gasteiger partial charge in [0.1, 0.15) is 17.3 Å². The summed E-state index contributed by atoms with van der Waals surface area (Å²) in [5.41, 5.74) is 1.71. The Kier molecular flexibility index (Phi) is 5.24. The smallest absolute Gasteiger partial charge is 0.270 e. The van der Waals surface area contributed by atoms with Crippen molar-refractivity contribution in [2.24, 2.45) is 0 Å². The Labute approximate surface area is 165 Å². The standard InChI is InChI=1S/C21H16FN5O2/c22-17-10-8-15(9-11-17)14-23-21(28)19(13-18-7-4-12-29-18)27-20(24-25-26-27)16-5-2-1-3-6-16/h1-13H,14H2,(H,23,28). The minimum atomic E-state index is -0.407. The maximum absolute atomic E-state index is 13.1. The average molecular weight is 389 g/mol. The van der Waals surface area contributed by atoms with Crippen LogP contribution in [0.2, 0.25) is 0 Å². The number of halogens is 1. The van der Waals surface area contributed by atoms with Gasteiger partial charge in [-0.25, -0.2) is 4.39 Å². The molecule has 1 N–H and O–H groups in total. The number of hydrogen-bond acceptors (Lipinski definition) is 5. The lowest BCUT2D eigenvalue weighted by molar-refractivity contribution is -0.116. The zero-order valence-electron chi connectivity index (χ0n) is 15.2. The van der Waals surface area contributed by atoms with E-state index < -0.39 is 5.91 Å². The van der Waals surface area contributed by atoms with Gasteiger partial charge in [0.2, 0.25) is 0 Å². The highest BCUT2D eigenvalue weighted by Gasteiger charge is 2.19. The molecule has 0 aliphatic carbocycles. The van der Waals surface area contributed by atoms with E-state index in [2.05, 4.69) is 20.8 Å². The van der Waals surface area contributed by atoms with Crippen molar-refractivity contribution in [2.75, 3.05) is 0 Å². The lowest BCUT2D eigenvalue weighted by Gasteiger charge is -2.10. The van der Waals surface area contributed by atoms with Crippen molar-refractivity contribution in [3.8, 4) is 11.4 Å². The Bertz CT molecular complexity index is 1120. The van der Waals surface area contributed by atoms with Crippen molar-refractivity contribution in [2.45, 2.75) is 6.54 Å². The molecule has 0 spiro atoms. The van der Waals surface area contributed by atoms with E-state index in [1.807, 2.05) is 30.3 Å². The van der Waals surface area contributed by atoms with Crippen molar-refractivity contribution < 1.29 is 13.6 Å². The molecule has 0 atom stereocenters. The number of amides is 1. The molecule has 2 aromatic carbocycles. The van der Waals surface area contributed by atoms with Gasteiger partial charge in [-0.2, -0.15) is 4.68 Å². The lowest BCUT2D eigenvalue weighted by atomic mass is 10.2. The molecule has 1 amide bonds. The fraction of sp³-hybridized carbons (Fsp3) is 0.0476. The van der Waals surface area contributed by atoms with Crippen LogP contribution in [0.15, 0.2) is 77.4 Å². The van der Waals surface area contributed by atoms with E-state index >= 15 is 0 Å². The summed E-state index contributed by atoms with van der Waals surface area (Å²) in [7, 11) is 0. The van der Waals surface area contributed by atoms with Gasteiger partial charge in [-0.1, -0.05) is 42.5 Å². The predicted octanol–water partition coefficient (Wildman–Crippen LogP) is 3.39. The van der Waals surface area contributed by atoms with Crippen LogP contribution in [0.1, 0.15) is 11.3 Å². The molecule has 2 aromatic heterocycles. The molecule has 8 heteroatoms. The summed E-state index contributed by atoms with van der Waals surface area (Å²) in [5, 5.41) is 14.6. The SMILES string of the molecule is O=C(NCc1ccc(F)cc1)C(=Cc1ccco1)n1nnnc1-c1ccccc1. The van der Waals surface area contributed by atoms with E-state index in [4.69, 9.17) is 4.42 Å². The van der Waals surface area contributed by atoms with E-state index in [0.717, 1.165) is 11.1 Å². The third kappa shape index (κ3) is 4.27. The first-order chi connectivity index (χ1) is 14.2. The lowest BCUT2D eigenvalue weighted by Crippen LogP contribution is -2.27. The Morgan fingerprint density at radius 2 is 1.86 bits per heavy atom. The van der Waals surface area contributed by atoms with Gasteiger partial charge in [0.25, 0.3) is 5.91 Å². The third-order valence-electron chi connectivity index (χ3n) is 4.15. The minimum absolute atomic E-state index is 0.186. The van der Waals surface area contributed by atoms with Crippen molar-refractivity contribution >= 4 is 17.7 Å². The second kappa shape index (κ2) is 8.30. The molecular weight excluding hydrogens is 373 g/mol. The molecule has 4 rings (SSSR count). The number of furan rings is 1. The van der Waals surface area contributed by atoms with Crippen molar-refractivity contribution in [3.63, 3.8) is 0 Å². The van der Waals surface area contributed by atoms with Gasteiger partial charge >= 0.3 is 0 Å². The average Bonchev–Trinajstić information content (AvgIpc) is 3.44.